The molecule has 1 unspecified atom stereocenters. The van der Waals surface area contributed by atoms with Gasteiger partial charge in [0.2, 0.25) is 0 Å². The number of thiophene rings is 1. The quantitative estimate of drug-likeness (QED) is 0.732. The molecule has 0 amide bonds. The minimum atomic E-state index is -0.475. The lowest BCUT2D eigenvalue weighted by Gasteiger charge is -2.10. The fourth-order valence-corrected chi connectivity index (χ4v) is 3.34. The molecular weight excluding hydrogens is 276 g/mol. The van der Waals surface area contributed by atoms with Crippen LogP contribution in [0.3, 0.4) is 0 Å². The molecule has 1 nitrogen and oxygen atoms in total. The Morgan fingerprint density at radius 1 is 1.05 bits per heavy atom. The second kappa shape index (κ2) is 5.33. The molecule has 0 aliphatic rings. The number of rotatable bonds is 3. The van der Waals surface area contributed by atoms with Gasteiger partial charge in [0.15, 0.2) is 0 Å². The highest BCUT2D eigenvalue weighted by Gasteiger charge is 2.13. The van der Waals surface area contributed by atoms with Gasteiger partial charge in [0.05, 0.1) is 6.10 Å². The Morgan fingerprint density at radius 2 is 1.79 bits per heavy atom. The van der Waals surface area contributed by atoms with Crippen molar-refractivity contribution in [3.05, 3.63) is 70.1 Å². The molecule has 0 saturated heterocycles. The maximum absolute atomic E-state index is 10.4. The van der Waals surface area contributed by atoms with E-state index < -0.39 is 6.10 Å². The molecule has 1 atom stereocenters. The first kappa shape index (κ1) is 12.7. The molecule has 0 fully saturated rings. The summed E-state index contributed by atoms with van der Waals surface area (Å²) in [7, 11) is 0. The van der Waals surface area contributed by atoms with Crippen molar-refractivity contribution >= 4 is 33.0 Å². The Bertz CT molecular complexity index is 687. The molecule has 3 aromatic rings. The minimum Gasteiger partial charge on any atom is -0.388 e. The van der Waals surface area contributed by atoms with Crippen molar-refractivity contribution in [2.24, 2.45) is 0 Å². The second-order valence-electron chi connectivity index (χ2n) is 4.53. The van der Waals surface area contributed by atoms with E-state index in [4.69, 9.17) is 11.6 Å². The van der Waals surface area contributed by atoms with Crippen LogP contribution in [0.4, 0.5) is 0 Å². The van der Waals surface area contributed by atoms with Crippen LogP contribution in [0.5, 0.6) is 0 Å². The summed E-state index contributed by atoms with van der Waals surface area (Å²) in [5, 5.41) is 14.3. The number of aliphatic hydroxyl groups excluding tert-OH is 1. The summed E-state index contributed by atoms with van der Waals surface area (Å²) in [4.78, 5) is 0. The Morgan fingerprint density at radius 3 is 2.58 bits per heavy atom. The van der Waals surface area contributed by atoms with Gasteiger partial charge in [-0.1, -0.05) is 41.9 Å². The number of hydrogen-bond donors (Lipinski definition) is 1. The maximum Gasteiger partial charge on any atom is 0.0844 e. The zero-order valence-electron chi connectivity index (χ0n) is 10.2. The molecule has 0 bridgehead atoms. The lowest BCUT2D eigenvalue weighted by Crippen LogP contribution is -2.00. The van der Waals surface area contributed by atoms with E-state index in [1.54, 1.807) is 11.3 Å². The molecule has 3 heteroatoms. The molecule has 96 valence electrons. The molecule has 19 heavy (non-hydrogen) atoms. The van der Waals surface area contributed by atoms with Crippen LogP contribution >= 0.6 is 22.9 Å². The first-order valence-electron chi connectivity index (χ1n) is 6.12. The topological polar surface area (TPSA) is 20.2 Å². The fraction of sp³-hybridized carbons (Fsp3) is 0.125. The minimum absolute atomic E-state index is 0.475. The van der Waals surface area contributed by atoms with Crippen LogP contribution in [0.25, 0.3) is 10.1 Å². The highest BCUT2D eigenvalue weighted by atomic mass is 35.5. The Balaban J connectivity index is 1.87. The van der Waals surface area contributed by atoms with E-state index in [-0.39, 0.29) is 0 Å². The Kier molecular flexibility index (Phi) is 3.56. The molecule has 1 N–H and O–H groups in total. The summed E-state index contributed by atoms with van der Waals surface area (Å²) in [6.45, 7) is 0. The van der Waals surface area contributed by atoms with Gasteiger partial charge in [0.1, 0.15) is 0 Å². The van der Waals surface area contributed by atoms with Crippen LogP contribution in [0, 0.1) is 0 Å². The molecule has 1 aromatic heterocycles. The van der Waals surface area contributed by atoms with Gasteiger partial charge in [-0.05, 0) is 40.1 Å². The normalized spacial score (nSPS) is 12.7. The number of aliphatic hydroxyl groups is 1. The average Bonchev–Trinajstić information content (AvgIpc) is 2.85. The third-order valence-corrected chi connectivity index (χ3v) is 4.45. The van der Waals surface area contributed by atoms with Crippen LogP contribution in [0.1, 0.15) is 17.2 Å². The lowest BCUT2D eigenvalue weighted by atomic mass is 10.0. The molecule has 2 aromatic carbocycles. The van der Waals surface area contributed by atoms with Crippen molar-refractivity contribution in [3.63, 3.8) is 0 Å². The smallest absolute Gasteiger partial charge is 0.0844 e. The largest absolute Gasteiger partial charge is 0.388 e. The highest BCUT2D eigenvalue weighted by molar-refractivity contribution is 7.17. The number of fused-ring (bicyclic) bond motifs is 1. The van der Waals surface area contributed by atoms with Crippen molar-refractivity contribution in [2.75, 3.05) is 0 Å². The van der Waals surface area contributed by atoms with Gasteiger partial charge >= 0.3 is 0 Å². The van der Waals surface area contributed by atoms with Gasteiger partial charge in [0.25, 0.3) is 0 Å². The molecule has 0 aliphatic carbocycles. The predicted molar refractivity (Wildman–Crippen MR) is 81.9 cm³/mol. The predicted octanol–water partition coefficient (Wildman–Crippen LogP) is 4.83. The molecule has 3 rings (SSSR count). The zero-order valence-corrected chi connectivity index (χ0v) is 11.8. The summed E-state index contributed by atoms with van der Waals surface area (Å²) in [6.07, 6.45) is 0.134. The maximum atomic E-state index is 10.4. The van der Waals surface area contributed by atoms with Crippen LogP contribution in [0.15, 0.2) is 53.9 Å². The van der Waals surface area contributed by atoms with E-state index in [9.17, 15) is 5.11 Å². The Hall–Kier alpha value is -1.35. The summed E-state index contributed by atoms with van der Waals surface area (Å²) < 4.78 is 1.22. The monoisotopic (exact) mass is 288 g/mol. The van der Waals surface area contributed by atoms with Gasteiger partial charge in [-0.3, -0.25) is 0 Å². The van der Waals surface area contributed by atoms with Gasteiger partial charge in [-0.15, -0.1) is 11.3 Å². The van der Waals surface area contributed by atoms with Gasteiger partial charge < -0.3 is 5.11 Å². The molecule has 0 aliphatic heterocycles. The van der Waals surface area contributed by atoms with Crippen LogP contribution in [-0.4, -0.2) is 5.11 Å². The van der Waals surface area contributed by atoms with Crippen molar-refractivity contribution in [1.29, 1.82) is 0 Å². The van der Waals surface area contributed by atoms with Crippen molar-refractivity contribution in [3.8, 4) is 0 Å². The summed E-state index contributed by atoms with van der Waals surface area (Å²) in [5.41, 5.74) is 2.10. The number of benzene rings is 2. The first-order chi connectivity index (χ1) is 9.24. The fourth-order valence-electron chi connectivity index (χ4n) is 2.21. The molecule has 0 spiro atoms. The standard InChI is InChI=1S/C16H13ClOS/c17-12-7-5-11(6-8-12)9-15(18)14-10-19-16-4-2-1-3-13(14)16/h1-8,10,15,18H,9H2. The molecule has 1 heterocycles. The van der Waals surface area contributed by atoms with Crippen LogP contribution in [-0.2, 0) is 6.42 Å². The third-order valence-electron chi connectivity index (χ3n) is 3.21. The molecule has 0 radical (unpaired) electrons. The third kappa shape index (κ3) is 2.66. The van der Waals surface area contributed by atoms with Crippen molar-refractivity contribution in [2.45, 2.75) is 12.5 Å². The Labute approximate surface area is 121 Å². The van der Waals surface area contributed by atoms with E-state index in [2.05, 4.69) is 12.1 Å². The van der Waals surface area contributed by atoms with Crippen molar-refractivity contribution in [1.82, 2.24) is 0 Å². The lowest BCUT2D eigenvalue weighted by molar-refractivity contribution is 0.180. The zero-order chi connectivity index (χ0) is 13.2. The average molecular weight is 289 g/mol. The van der Waals surface area contributed by atoms with E-state index >= 15 is 0 Å². The van der Waals surface area contributed by atoms with Crippen LogP contribution < -0.4 is 0 Å². The van der Waals surface area contributed by atoms with E-state index in [0.29, 0.717) is 6.42 Å². The van der Waals surface area contributed by atoms with E-state index in [1.165, 1.54) is 4.70 Å². The number of halogens is 1. The SMILES string of the molecule is OC(Cc1ccc(Cl)cc1)c1csc2ccccc12. The van der Waals surface area contributed by atoms with E-state index in [1.807, 2.05) is 41.8 Å². The summed E-state index contributed by atoms with van der Waals surface area (Å²) in [6, 6.07) is 15.8. The van der Waals surface area contributed by atoms with E-state index in [0.717, 1.165) is 21.5 Å². The van der Waals surface area contributed by atoms with Crippen LogP contribution in [0.2, 0.25) is 5.02 Å². The van der Waals surface area contributed by atoms with Crippen molar-refractivity contribution < 1.29 is 5.11 Å². The first-order valence-corrected chi connectivity index (χ1v) is 7.38. The summed E-state index contributed by atoms with van der Waals surface area (Å²) in [5.74, 6) is 0. The second-order valence-corrected chi connectivity index (χ2v) is 5.88. The van der Waals surface area contributed by atoms with Gasteiger partial charge in [-0.25, -0.2) is 0 Å². The highest BCUT2D eigenvalue weighted by Crippen LogP contribution is 2.31. The molecular formula is C16H13ClOS. The summed E-state index contributed by atoms with van der Waals surface area (Å²) >= 11 is 7.54. The molecule has 0 saturated carbocycles. The van der Waals surface area contributed by atoms with Gasteiger partial charge in [0, 0.05) is 16.1 Å². The number of hydrogen-bond acceptors (Lipinski definition) is 2. The van der Waals surface area contributed by atoms with Gasteiger partial charge in [-0.2, -0.15) is 0 Å².